The zero-order valence-corrected chi connectivity index (χ0v) is 19.2. The molecule has 0 spiro atoms. The lowest BCUT2D eigenvalue weighted by Crippen LogP contribution is -2.29. The molecule has 1 aliphatic carbocycles. The maximum Gasteiger partial charge on any atom is 0.233 e. The number of hydrogen-bond donors (Lipinski definition) is 3. The molecule has 2 atom stereocenters. The van der Waals surface area contributed by atoms with Crippen LogP contribution in [0.15, 0.2) is 52.2 Å². The Morgan fingerprint density at radius 1 is 1.09 bits per heavy atom. The summed E-state index contributed by atoms with van der Waals surface area (Å²) in [6.07, 6.45) is 0.905. The molecule has 1 aliphatic heterocycles. The molecule has 5 rings (SSSR count). The number of ketones is 1. The van der Waals surface area contributed by atoms with Gasteiger partial charge in [-0.15, -0.1) is 0 Å². The standard InChI is InChI=1S/C26H26N2O6/c1-4-33-22-12-15(6-8-19(22)30)24-23-13(2)28-34-26(23)27-17-9-16(10-20(31)25(17)24)14-5-7-18(29)21(11-14)32-3/h5-8,11-12,16,24,27,29-30H,4,9-10H2,1-3H3/t16-,24+/m0/s1. The molecule has 0 amide bonds. The zero-order valence-electron chi connectivity index (χ0n) is 19.2. The van der Waals surface area contributed by atoms with Crippen LogP contribution in [0.3, 0.4) is 0 Å². The van der Waals surface area contributed by atoms with Crippen LogP contribution in [0.25, 0.3) is 0 Å². The Hall–Kier alpha value is -3.94. The predicted molar refractivity (Wildman–Crippen MR) is 125 cm³/mol. The fourth-order valence-corrected chi connectivity index (χ4v) is 4.97. The van der Waals surface area contributed by atoms with Gasteiger partial charge in [0, 0.05) is 23.6 Å². The minimum atomic E-state index is -0.389. The molecule has 0 saturated carbocycles. The summed E-state index contributed by atoms with van der Waals surface area (Å²) in [6, 6.07) is 10.4. The SMILES string of the molecule is CCOc1cc([C@H]2C3=C(C[C@H](c4ccc(O)c(OC)c4)CC3=O)Nc3onc(C)c32)ccc1O. The van der Waals surface area contributed by atoms with E-state index in [0.29, 0.717) is 48.1 Å². The van der Waals surface area contributed by atoms with E-state index in [9.17, 15) is 15.0 Å². The van der Waals surface area contributed by atoms with Gasteiger partial charge in [-0.2, -0.15) is 0 Å². The molecule has 2 aliphatic rings. The Balaban J connectivity index is 1.60. The number of rotatable bonds is 5. The number of aromatic nitrogens is 1. The average Bonchev–Trinajstić information content (AvgIpc) is 3.19. The van der Waals surface area contributed by atoms with Gasteiger partial charge < -0.3 is 29.5 Å². The van der Waals surface area contributed by atoms with Crippen LogP contribution in [-0.2, 0) is 4.79 Å². The van der Waals surface area contributed by atoms with E-state index < -0.39 is 0 Å². The molecule has 0 fully saturated rings. The van der Waals surface area contributed by atoms with E-state index in [0.717, 1.165) is 22.4 Å². The van der Waals surface area contributed by atoms with Crippen LogP contribution in [0.5, 0.6) is 23.0 Å². The third-order valence-electron chi connectivity index (χ3n) is 6.55. The molecular weight excluding hydrogens is 436 g/mol. The van der Waals surface area contributed by atoms with Crippen LogP contribution >= 0.6 is 0 Å². The van der Waals surface area contributed by atoms with Gasteiger partial charge in [-0.3, -0.25) is 4.79 Å². The largest absolute Gasteiger partial charge is 0.504 e. The first-order chi connectivity index (χ1) is 16.4. The maximum absolute atomic E-state index is 13.6. The molecule has 0 unspecified atom stereocenters. The summed E-state index contributed by atoms with van der Waals surface area (Å²) in [5.74, 6) is 0.916. The smallest absolute Gasteiger partial charge is 0.233 e. The lowest BCUT2D eigenvalue weighted by Gasteiger charge is -2.34. The molecule has 3 aromatic rings. The molecule has 34 heavy (non-hydrogen) atoms. The van der Waals surface area contributed by atoms with E-state index in [2.05, 4.69) is 10.5 Å². The maximum atomic E-state index is 13.6. The second-order valence-corrected chi connectivity index (χ2v) is 8.58. The van der Waals surface area contributed by atoms with Crippen LogP contribution in [-0.4, -0.2) is 34.9 Å². The fourth-order valence-electron chi connectivity index (χ4n) is 4.97. The Morgan fingerprint density at radius 3 is 2.53 bits per heavy atom. The van der Waals surface area contributed by atoms with Crippen LogP contribution in [0.2, 0.25) is 0 Å². The van der Waals surface area contributed by atoms with Crippen molar-refractivity contribution in [3.8, 4) is 23.0 Å². The molecule has 0 saturated heterocycles. The molecule has 1 aromatic heterocycles. The summed E-state index contributed by atoms with van der Waals surface area (Å²) in [7, 11) is 1.50. The van der Waals surface area contributed by atoms with Crippen LogP contribution in [0, 0.1) is 6.92 Å². The van der Waals surface area contributed by atoms with Crippen LogP contribution in [0.4, 0.5) is 5.88 Å². The van der Waals surface area contributed by atoms with Gasteiger partial charge in [0.15, 0.2) is 28.8 Å². The normalized spacial score (nSPS) is 19.3. The van der Waals surface area contributed by atoms with Crippen LogP contribution in [0.1, 0.15) is 54.0 Å². The first-order valence-corrected chi connectivity index (χ1v) is 11.2. The lowest BCUT2D eigenvalue weighted by molar-refractivity contribution is -0.116. The molecule has 2 aromatic carbocycles. The van der Waals surface area contributed by atoms with E-state index in [1.54, 1.807) is 30.3 Å². The second kappa shape index (κ2) is 8.44. The number of phenols is 2. The molecule has 0 bridgehead atoms. The molecule has 3 N–H and O–H groups in total. The van der Waals surface area contributed by atoms with Gasteiger partial charge in [-0.25, -0.2) is 0 Å². The highest BCUT2D eigenvalue weighted by Gasteiger charge is 2.41. The van der Waals surface area contributed by atoms with Gasteiger partial charge in [0.05, 0.1) is 25.0 Å². The summed E-state index contributed by atoms with van der Waals surface area (Å²) in [6.45, 7) is 4.11. The number of carbonyl (C=O) groups excluding carboxylic acids is 1. The van der Waals surface area contributed by atoms with Crippen molar-refractivity contribution in [3.63, 3.8) is 0 Å². The second-order valence-electron chi connectivity index (χ2n) is 8.58. The first-order valence-electron chi connectivity index (χ1n) is 11.2. The Labute approximate surface area is 196 Å². The fraction of sp³-hybridized carbons (Fsp3) is 0.308. The topological polar surface area (TPSA) is 114 Å². The number of ether oxygens (including phenoxy) is 2. The Bertz CT molecular complexity index is 1310. The summed E-state index contributed by atoms with van der Waals surface area (Å²) in [5.41, 5.74) is 4.70. The highest BCUT2D eigenvalue weighted by molar-refractivity contribution is 6.01. The Kier molecular flexibility index (Phi) is 5.43. The molecule has 176 valence electrons. The first kappa shape index (κ1) is 21.9. The third-order valence-corrected chi connectivity index (χ3v) is 6.55. The van der Waals surface area contributed by atoms with Crippen molar-refractivity contribution >= 4 is 11.7 Å². The van der Waals surface area contributed by atoms with E-state index >= 15 is 0 Å². The summed E-state index contributed by atoms with van der Waals surface area (Å²) >= 11 is 0. The number of methoxy groups -OCH3 is 1. The van der Waals surface area contributed by atoms with Gasteiger partial charge in [0.2, 0.25) is 5.88 Å². The van der Waals surface area contributed by atoms with E-state index in [1.807, 2.05) is 19.9 Å². The van der Waals surface area contributed by atoms with Crippen molar-refractivity contribution < 1.29 is 29.0 Å². The summed E-state index contributed by atoms with van der Waals surface area (Å²) in [4.78, 5) is 13.6. The minimum Gasteiger partial charge on any atom is -0.504 e. The minimum absolute atomic E-state index is 0.0214. The van der Waals surface area contributed by atoms with Gasteiger partial charge in [-0.1, -0.05) is 17.3 Å². The number of anilines is 1. The third kappa shape index (κ3) is 3.55. The number of aryl methyl sites for hydroxylation is 1. The molecule has 0 radical (unpaired) electrons. The predicted octanol–water partition coefficient (Wildman–Crippen LogP) is 4.76. The van der Waals surface area contributed by atoms with E-state index in [1.165, 1.54) is 7.11 Å². The number of nitrogens with zero attached hydrogens (tertiary/aromatic N) is 1. The van der Waals surface area contributed by atoms with Crippen molar-refractivity contribution in [1.29, 1.82) is 0 Å². The van der Waals surface area contributed by atoms with E-state index in [-0.39, 0.29) is 29.1 Å². The number of benzene rings is 2. The van der Waals surface area contributed by atoms with Crippen molar-refractivity contribution in [2.45, 2.75) is 38.5 Å². The average molecular weight is 463 g/mol. The van der Waals surface area contributed by atoms with Gasteiger partial charge in [0.1, 0.15) is 0 Å². The molecule has 8 nitrogen and oxygen atoms in total. The van der Waals surface area contributed by atoms with Crippen molar-refractivity contribution in [2.75, 3.05) is 19.0 Å². The van der Waals surface area contributed by atoms with Crippen LogP contribution < -0.4 is 14.8 Å². The molecular formula is C26H26N2O6. The van der Waals surface area contributed by atoms with Gasteiger partial charge in [-0.05, 0) is 61.6 Å². The number of Topliss-reactive ketones (excluding diaryl/α,β-unsaturated/α-hetero) is 1. The van der Waals surface area contributed by atoms with Gasteiger partial charge >= 0.3 is 0 Å². The Morgan fingerprint density at radius 2 is 1.79 bits per heavy atom. The molecule has 8 heteroatoms. The summed E-state index contributed by atoms with van der Waals surface area (Å²) in [5, 5.41) is 27.6. The number of carbonyl (C=O) groups is 1. The number of aromatic hydroxyl groups is 2. The number of fused-ring (bicyclic) bond motifs is 1. The monoisotopic (exact) mass is 462 g/mol. The molecule has 2 heterocycles. The highest BCUT2D eigenvalue weighted by atomic mass is 16.5. The summed E-state index contributed by atoms with van der Waals surface area (Å²) < 4.78 is 16.4. The van der Waals surface area contributed by atoms with Crippen molar-refractivity contribution in [2.24, 2.45) is 0 Å². The zero-order chi connectivity index (χ0) is 24.0. The number of allylic oxidation sites excluding steroid dienone is 2. The number of hydrogen-bond acceptors (Lipinski definition) is 8. The lowest BCUT2D eigenvalue weighted by atomic mass is 9.72. The van der Waals surface area contributed by atoms with Crippen molar-refractivity contribution in [3.05, 3.63) is 70.1 Å². The quantitative estimate of drug-likeness (QED) is 0.497. The highest BCUT2D eigenvalue weighted by Crippen LogP contribution is 2.50. The van der Waals surface area contributed by atoms with E-state index in [4.69, 9.17) is 14.0 Å². The number of phenolic OH excluding ortho intramolecular Hbond substituents is 2. The number of nitrogens with one attached hydrogen (secondary N) is 1. The van der Waals surface area contributed by atoms with Gasteiger partial charge in [0.25, 0.3) is 0 Å². The van der Waals surface area contributed by atoms with Crippen molar-refractivity contribution in [1.82, 2.24) is 5.16 Å².